The first kappa shape index (κ1) is 19.7. The van der Waals surface area contributed by atoms with E-state index < -0.39 is 12.3 Å². The average molecular weight is 399 g/mol. The van der Waals surface area contributed by atoms with Crippen molar-refractivity contribution in [2.24, 2.45) is 16.8 Å². The van der Waals surface area contributed by atoms with Crippen LogP contribution in [0.1, 0.15) is 38.2 Å². The summed E-state index contributed by atoms with van der Waals surface area (Å²) in [5, 5.41) is 2.54. The number of anilines is 1. The molecule has 2 fully saturated rings. The lowest BCUT2D eigenvalue weighted by molar-refractivity contribution is -0.122. The van der Waals surface area contributed by atoms with Gasteiger partial charge in [-0.05, 0) is 43.7 Å². The maximum absolute atomic E-state index is 13.0. The number of hydrogen-bond donors (Lipinski definition) is 2. The summed E-state index contributed by atoms with van der Waals surface area (Å²) in [5.41, 5.74) is 4.31. The lowest BCUT2D eigenvalue weighted by Gasteiger charge is -2.23. The Balaban J connectivity index is 1.65. The minimum absolute atomic E-state index is 0.270. The molecule has 1 aromatic carbocycles. The van der Waals surface area contributed by atoms with Gasteiger partial charge in [-0.2, -0.15) is 0 Å². The zero-order chi connectivity index (χ0) is 20.4. The van der Waals surface area contributed by atoms with Gasteiger partial charge in [0.05, 0.1) is 5.69 Å². The van der Waals surface area contributed by atoms with E-state index >= 15 is 0 Å². The monoisotopic (exact) mass is 399 g/mol. The highest BCUT2D eigenvalue weighted by Gasteiger charge is 2.39. The topological polar surface area (TPSA) is 86.3 Å². The number of nitrogens with one attached hydrogen (secondary N) is 2. The van der Waals surface area contributed by atoms with Crippen LogP contribution in [0.25, 0.3) is 0 Å². The van der Waals surface area contributed by atoms with Crippen molar-refractivity contribution in [3.05, 3.63) is 29.8 Å². The number of hydrogen-bond acceptors (Lipinski definition) is 6. The van der Waals surface area contributed by atoms with E-state index in [2.05, 4.69) is 15.7 Å². The van der Waals surface area contributed by atoms with E-state index in [0.717, 1.165) is 30.2 Å². The summed E-state index contributed by atoms with van der Waals surface area (Å²) in [6, 6.07) is 7.82. The standard InChI is InChI=1S/C21H29N5O3/c1-3-22-21(28)29-24-18-20(27)25(2)17-11-7-6-10-16(17)19(23-18)26-12-14-8-4-5-9-15(14)13-26/h6-7,10-11,14-15,18,24H,3-5,8-9,12-13H2,1-2H3,(H,22,28). The van der Waals surface area contributed by atoms with E-state index in [1.165, 1.54) is 25.7 Å². The number of amidine groups is 1. The number of fused-ring (bicyclic) bond motifs is 2. The van der Waals surface area contributed by atoms with Crippen molar-refractivity contribution >= 4 is 23.5 Å². The number of rotatable bonds is 3. The summed E-state index contributed by atoms with van der Waals surface area (Å²) in [6.07, 6.45) is 3.49. The van der Waals surface area contributed by atoms with Crippen LogP contribution in [0.4, 0.5) is 10.5 Å². The molecule has 2 amide bonds. The van der Waals surface area contributed by atoms with Gasteiger partial charge in [0.2, 0.25) is 6.17 Å². The highest BCUT2D eigenvalue weighted by molar-refractivity contribution is 6.11. The third-order valence-electron chi connectivity index (χ3n) is 6.18. The molecule has 2 aliphatic heterocycles. The van der Waals surface area contributed by atoms with Crippen LogP contribution in [0.3, 0.4) is 0 Å². The first-order valence-corrected chi connectivity index (χ1v) is 10.5. The molecule has 3 atom stereocenters. The Morgan fingerprint density at radius 1 is 1.21 bits per heavy atom. The van der Waals surface area contributed by atoms with Gasteiger partial charge >= 0.3 is 6.09 Å². The molecule has 0 bridgehead atoms. The van der Waals surface area contributed by atoms with Gasteiger partial charge in [0.25, 0.3) is 5.91 Å². The Morgan fingerprint density at radius 2 is 1.90 bits per heavy atom. The zero-order valence-corrected chi connectivity index (χ0v) is 17.1. The number of benzene rings is 1. The number of aliphatic imine (C=N–C) groups is 1. The molecule has 1 saturated carbocycles. The van der Waals surface area contributed by atoms with Crippen molar-refractivity contribution in [3.63, 3.8) is 0 Å². The van der Waals surface area contributed by atoms with Crippen molar-refractivity contribution in [1.29, 1.82) is 0 Å². The van der Waals surface area contributed by atoms with Gasteiger partial charge in [-0.15, -0.1) is 5.48 Å². The number of carbonyl (C=O) groups excluding carboxylic acids is 2. The van der Waals surface area contributed by atoms with E-state index in [4.69, 9.17) is 9.83 Å². The largest absolute Gasteiger partial charge is 0.426 e. The third-order valence-corrected chi connectivity index (χ3v) is 6.18. The minimum Gasteiger partial charge on any atom is -0.356 e. The van der Waals surface area contributed by atoms with Crippen molar-refractivity contribution in [2.75, 3.05) is 31.6 Å². The average Bonchev–Trinajstić information content (AvgIpc) is 3.13. The van der Waals surface area contributed by atoms with E-state index in [1.54, 1.807) is 18.9 Å². The summed E-state index contributed by atoms with van der Waals surface area (Å²) in [7, 11) is 1.73. The molecule has 0 aromatic heterocycles. The molecule has 0 radical (unpaired) electrons. The smallest absolute Gasteiger partial charge is 0.356 e. The number of likely N-dealkylation sites (N-methyl/N-ethyl adjacent to an activating group) is 1. The molecular formula is C21H29N5O3. The van der Waals surface area contributed by atoms with Gasteiger partial charge in [-0.1, -0.05) is 25.0 Å². The molecule has 2 heterocycles. The lowest BCUT2D eigenvalue weighted by Crippen LogP contribution is -2.45. The number of nitrogens with zero attached hydrogens (tertiary/aromatic N) is 3. The number of amides is 2. The van der Waals surface area contributed by atoms with Crippen LogP contribution < -0.4 is 15.7 Å². The van der Waals surface area contributed by atoms with Gasteiger partial charge in [0.1, 0.15) is 5.84 Å². The van der Waals surface area contributed by atoms with E-state index in [1.807, 2.05) is 24.3 Å². The number of benzodiazepines with no additional fused rings is 1. The van der Waals surface area contributed by atoms with Crippen LogP contribution in [-0.2, 0) is 9.63 Å². The number of likely N-dealkylation sites (tertiary alicyclic amines) is 1. The predicted molar refractivity (Wildman–Crippen MR) is 110 cm³/mol. The molecule has 2 N–H and O–H groups in total. The van der Waals surface area contributed by atoms with Crippen molar-refractivity contribution in [2.45, 2.75) is 38.8 Å². The third kappa shape index (κ3) is 3.94. The fourth-order valence-corrected chi connectivity index (χ4v) is 4.70. The highest BCUT2D eigenvalue weighted by atomic mass is 16.7. The predicted octanol–water partition coefficient (Wildman–Crippen LogP) is 2.11. The summed E-state index contributed by atoms with van der Waals surface area (Å²) in [4.78, 5) is 38.4. The Kier molecular flexibility index (Phi) is 5.71. The molecule has 1 saturated heterocycles. The normalized spacial score (nSPS) is 26.3. The van der Waals surface area contributed by atoms with Crippen LogP contribution in [0.15, 0.2) is 29.3 Å². The van der Waals surface area contributed by atoms with Gasteiger partial charge in [-0.25, -0.2) is 9.79 Å². The van der Waals surface area contributed by atoms with Gasteiger partial charge in [0.15, 0.2) is 0 Å². The van der Waals surface area contributed by atoms with Gasteiger partial charge < -0.3 is 20.0 Å². The fraction of sp³-hybridized carbons (Fsp3) is 0.571. The second kappa shape index (κ2) is 8.41. The number of hydroxylamine groups is 1. The lowest BCUT2D eigenvalue weighted by atomic mass is 9.82. The van der Waals surface area contributed by atoms with Crippen molar-refractivity contribution < 1.29 is 14.4 Å². The molecule has 3 unspecified atom stereocenters. The molecular weight excluding hydrogens is 370 g/mol. The first-order chi connectivity index (χ1) is 14.1. The van der Waals surface area contributed by atoms with E-state index in [-0.39, 0.29) is 5.91 Å². The molecule has 0 spiro atoms. The van der Waals surface area contributed by atoms with E-state index in [0.29, 0.717) is 18.4 Å². The first-order valence-electron chi connectivity index (χ1n) is 10.5. The van der Waals surface area contributed by atoms with Crippen molar-refractivity contribution in [3.8, 4) is 0 Å². The Bertz CT molecular complexity index is 797. The molecule has 1 aromatic rings. The quantitative estimate of drug-likeness (QED) is 0.761. The minimum atomic E-state index is -0.993. The molecule has 4 rings (SSSR count). The Hall–Kier alpha value is -2.61. The van der Waals surface area contributed by atoms with Crippen LogP contribution in [0.5, 0.6) is 0 Å². The van der Waals surface area contributed by atoms with Crippen LogP contribution in [-0.4, -0.2) is 55.6 Å². The summed E-state index contributed by atoms with van der Waals surface area (Å²) in [5.74, 6) is 1.90. The summed E-state index contributed by atoms with van der Waals surface area (Å²) < 4.78 is 0. The van der Waals surface area contributed by atoms with Crippen LogP contribution in [0, 0.1) is 11.8 Å². The summed E-state index contributed by atoms with van der Waals surface area (Å²) in [6.45, 7) is 4.15. The molecule has 8 heteroatoms. The molecule has 8 nitrogen and oxygen atoms in total. The molecule has 29 heavy (non-hydrogen) atoms. The Labute approximate surface area is 171 Å². The van der Waals surface area contributed by atoms with Crippen LogP contribution >= 0.6 is 0 Å². The molecule has 1 aliphatic carbocycles. The molecule has 156 valence electrons. The fourth-order valence-electron chi connectivity index (χ4n) is 4.70. The number of carbonyl (C=O) groups is 2. The van der Waals surface area contributed by atoms with Gasteiger partial charge in [-0.3, -0.25) is 4.79 Å². The van der Waals surface area contributed by atoms with E-state index in [9.17, 15) is 9.59 Å². The maximum atomic E-state index is 13.0. The SMILES string of the molecule is CCNC(=O)ONC1N=C(N2CC3CCCCC3C2)c2ccccc2N(C)C1=O. The second-order valence-electron chi connectivity index (χ2n) is 8.02. The molecule has 3 aliphatic rings. The summed E-state index contributed by atoms with van der Waals surface area (Å²) >= 11 is 0. The maximum Gasteiger partial charge on any atom is 0.426 e. The van der Waals surface area contributed by atoms with Gasteiger partial charge in [0, 0.05) is 32.2 Å². The number of para-hydroxylation sites is 1. The Morgan fingerprint density at radius 3 is 2.59 bits per heavy atom. The van der Waals surface area contributed by atoms with Crippen LogP contribution in [0.2, 0.25) is 0 Å². The van der Waals surface area contributed by atoms with Crippen molar-refractivity contribution in [1.82, 2.24) is 15.7 Å². The second-order valence-corrected chi connectivity index (χ2v) is 8.02. The zero-order valence-electron chi connectivity index (χ0n) is 17.1. The highest BCUT2D eigenvalue weighted by Crippen LogP contribution is 2.38.